The van der Waals surface area contributed by atoms with E-state index in [4.69, 9.17) is 0 Å². The Morgan fingerprint density at radius 1 is 1.26 bits per heavy atom. The first kappa shape index (κ1) is 13.3. The highest BCUT2D eigenvalue weighted by molar-refractivity contribution is 5.94. The Bertz CT molecular complexity index is 537. The van der Waals surface area contributed by atoms with E-state index in [1.54, 1.807) is 6.20 Å². The van der Waals surface area contributed by atoms with E-state index in [9.17, 15) is 4.79 Å². The van der Waals surface area contributed by atoms with Gasteiger partial charge >= 0.3 is 0 Å². The SMILES string of the molecule is Cc1cccc(C(=O)NCCCc2cccnc2)c1. The molecule has 0 fully saturated rings. The molecular weight excluding hydrogens is 236 g/mol. The van der Waals surface area contributed by atoms with Crippen LogP contribution in [-0.2, 0) is 6.42 Å². The zero-order chi connectivity index (χ0) is 13.5. The minimum absolute atomic E-state index is 0.00473. The van der Waals surface area contributed by atoms with Crippen LogP contribution < -0.4 is 5.32 Å². The fourth-order valence-electron chi connectivity index (χ4n) is 1.93. The highest BCUT2D eigenvalue weighted by Gasteiger charge is 2.04. The lowest BCUT2D eigenvalue weighted by atomic mass is 10.1. The zero-order valence-corrected chi connectivity index (χ0v) is 11.1. The summed E-state index contributed by atoms with van der Waals surface area (Å²) in [7, 11) is 0. The van der Waals surface area contributed by atoms with Crippen LogP contribution in [-0.4, -0.2) is 17.4 Å². The quantitative estimate of drug-likeness (QED) is 0.834. The molecule has 1 aromatic heterocycles. The van der Waals surface area contributed by atoms with Crippen LogP contribution >= 0.6 is 0 Å². The summed E-state index contributed by atoms with van der Waals surface area (Å²) in [5, 5.41) is 2.94. The molecule has 3 heteroatoms. The van der Waals surface area contributed by atoms with E-state index in [1.165, 1.54) is 5.56 Å². The fourth-order valence-corrected chi connectivity index (χ4v) is 1.93. The van der Waals surface area contributed by atoms with E-state index in [0.29, 0.717) is 6.54 Å². The maximum Gasteiger partial charge on any atom is 0.251 e. The molecule has 0 aliphatic carbocycles. The van der Waals surface area contributed by atoms with Gasteiger partial charge in [0, 0.05) is 24.5 Å². The molecule has 0 bridgehead atoms. The number of pyridine rings is 1. The van der Waals surface area contributed by atoms with Gasteiger partial charge in [-0.05, 0) is 43.5 Å². The van der Waals surface area contributed by atoms with Crippen LogP contribution in [0.1, 0.15) is 27.9 Å². The summed E-state index contributed by atoms with van der Waals surface area (Å²) in [6.45, 7) is 2.67. The zero-order valence-electron chi connectivity index (χ0n) is 11.1. The third kappa shape index (κ3) is 4.21. The van der Waals surface area contributed by atoms with Gasteiger partial charge in [-0.3, -0.25) is 9.78 Å². The number of carbonyl (C=O) groups excluding carboxylic acids is 1. The van der Waals surface area contributed by atoms with Gasteiger partial charge in [0.05, 0.1) is 0 Å². The standard InChI is InChI=1S/C16H18N2O/c1-13-5-2-8-15(11-13)16(19)18-10-4-7-14-6-3-9-17-12-14/h2-3,5-6,8-9,11-12H,4,7,10H2,1H3,(H,18,19). The Hall–Kier alpha value is -2.16. The summed E-state index contributed by atoms with van der Waals surface area (Å²) in [6, 6.07) is 11.6. The van der Waals surface area contributed by atoms with E-state index in [1.807, 2.05) is 43.5 Å². The first-order valence-electron chi connectivity index (χ1n) is 6.49. The number of amides is 1. The van der Waals surface area contributed by atoms with Gasteiger partial charge in [0.15, 0.2) is 0 Å². The Labute approximate surface area is 113 Å². The average Bonchev–Trinajstić information content (AvgIpc) is 2.44. The Kier molecular flexibility index (Phi) is 4.67. The topological polar surface area (TPSA) is 42.0 Å². The Morgan fingerprint density at radius 3 is 2.89 bits per heavy atom. The van der Waals surface area contributed by atoms with E-state index in [-0.39, 0.29) is 5.91 Å². The normalized spacial score (nSPS) is 10.2. The van der Waals surface area contributed by atoms with Crippen molar-refractivity contribution in [2.75, 3.05) is 6.54 Å². The second-order valence-electron chi connectivity index (χ2n) is 4.59. The second-order valence-corrected chi connectivity index (χ2v) is 4.59. The minimum atomic E-state index is -0.00473. The molecule has 0 unspecified atom stereocenters. The van der Waals surface area contributed by atoms with Gasteiger partial charge < -0.3 is 5.32 Å². The van der Waals surface area contributed by atoms with Crippen molar-refractivity contribution in [2.45, 2.75) is 19.8 Å². The molecule has 98 valence electrons. The summed E-state index contributed by atoms with van der Waals surface area (Å²) in [4.78, 5) is 16.0. The van der Waals surface area contributed by atoms with Crippen molar-refractivity contribution in [1.82, 2.24) is 10.3 Å². The first-order valence-corrected chi connectivity index (χ1v) is 6.49. The number of nitrogens with one attached hydrogen (secondary N) is 1. The van der Waals surface area contributed by atoms with E-state index in [0.717, 1.165) is 24.0 Å². The van der Waals surface area contributed by atoms with E-state index < -0.39 is 0 Å². The van der Waals surface area contributed by atoms with Crippen molar-refractivity contribution in [3.05, 3.63) is 65.5 Å². The van der Waals surface area contributed by atoms with Crippen molar-refractivity contribution < 1.29 is 4.79 Å². The molecule has 0 saturated carbocycles. The molecule has 0 atom stereocenters. The van der Waals surface area contributed by atoms with Crippen LogP contribution in [0.3, 0.4) is 0 Å². The third-order valence-corrected chi connectivity index (χ3v) is 2.93. The molecule has 0 saturated heterocycles. The van der Waals surface area contributed by atoms with Gasteiger partial charge in [0.1, 0.15) is 0 Å². The predicted molar refractivity (Wildman–Crippen MR) is 76.1 cm³/mol. The van der Waals surface area contributed by atoms with Crippen LogP contribution in [0.2, 0.25) is 0 Å². The first-order chi connectivity index (χ1) is 9.25. The predicted octanol–water partition coefficient (Wildman–Crippen LogP) is 2.75. The molecule has 1 aromatic carbocycles. The van der Waals surface area contributed by atoms with Crippen molar-refractivity contribution in [1.29, 1.82) is 0 Å². The number of hydrogen-bond donors (Lipinski definition) is 1. The summed E-state index contributed by atoms with van der Waals surface area (Å²) in [5.41, 5.74) is 3.02. The van der Waals surface area contributed by atoms with E-state index in [2.05, 4.69) is 16.4 Å². The number of rotatable bonds is 5. The van der Waals surface area contributed by atoms with Crippen molar-refractivity contribution in [3.8, 4) is 0 Å². The van der Waals surface area contributed by atoms with Gasteiger partial charge in [0.2, 0.25) is 0 Å². The summed E-state index contributed by atoms with van der Waals surface area (Å²) in [6.07, 6.45) is 5.48. The average molecular weight is 254 g/mol. The number of aromatic nitrogens is 1. The van der Waals surface area contributed by atoms with Gasteiger partial charge in [-0.25, -0.2) is 0 Å². The highest BCUT2D eigenvalue weighted by Crippen LogP contribution is 2.04. The van der Waals surface area contributed by atoms with Crippen molar-refractivity contribution >= 4 is 5.91 Å². The van der Waals surface area contributed by atoms with Crippen molar-refractivity contribution in [2.24, 2.45) is 0 Å². The monoisotopic (exact) mass is 254 g/mol. The van der Waals surface area contributed by atoms with E-state index >= 15 is 0 Å². The number of nitrogens with zero attached hydrogens (tertiary/aromatic N) is 1. The number of aryl methyl sites for hydroxylation is 2. The molecule has 0 aliphatic heterocycles. The summed E-state index contributed by atoms with van der Waals surface area (Å²) in [5.74, 6) is -0.00473. The van der Waals surface area contributed by atoms with Crippen LogP contribution in [0.15, 0.2) is 48.8 Å². The van der Waals surface area contributed by atoms with Crippen LogP contribution in [0.5, 0.6) is 0 Å². The Morgan fingerprint density at radius 2 is 2.16 bits per heavy atom. The lowest BCUT2D eigenvalue weighted by Crippen LogP contribution is -2.24. The number of carbonyl (C=O) groups is 1. The molecule has 0 aliphatic rings. The Balaban J connectivity index is 1.75. The smallest absolute Gasteiger partial charge is 0.251 e. The maximum atomic E-state index is 11.9. The van der Waals surface area contributed by atoms with Gasteiger partial charge in [-0.15, -0.1) is 0 Å². The second kappa shape index (κ2) is 6.69. The molecule has 0 spiro atoms. The lowest BCUT2D eigenvalue weighted by molar-refractivity contribution is 0.0953. The molecule has 1 amide bonds. The summed E-state index contributed by atoms with van der Waals surface area (Å²) >= 11 is 0. The molecule has 3 nitrogen and oxygen atoms in total. The maximum absolute atomic E-state index is 11.9. The molecular formula is C16H18N2O. The largest absolute Gasteiger partial charge is 0.352 e. The highest BCUT2D eigenvalue weighted by atomic mass is 16.1. The molecule has 1 N–H and O–H groups in total. The summed E-state index contributed by atoms with van der Waals surface area (Å²) < 4.78 is 0. The van der Waals surface area contributed by atoms with Gasteiger partial charge in [-0.1, -0.05) is 23.8 Å². The third-order valence-electron chi connectivity index (χ3n) is 2.93. The number of benzene rings is 1. The molecule has 19 heavy (non-hydrogen) atoms. The van der Waals surface area contributed by atoms with Gasteiger partial charge in [0.25, 0.3) is 5.91 Å². The molecule has 1 heterocycles. The van der Waals surface area contributed by atoms with Gasteiger partial charge in [-0.2, -0.15) is 0 Å². The molecule has 2 rings (SSSR count). The lowest BCUT2D eigenvalue weighted by Gasteiger charge is -2.06. The van der Waals surface area contributed by atoms with Crippen LogP contribution in [0.4, 0.5) is 0 Å². The van der Waals surface area contributed by atoms with Crippen molar-refractivity contribution in [3.63, 3.8) is 0 Å². The van der Waals surface area contributed by atoms with Crippen LogP contribution in [0, 0.1) is 6.92 Å². The van der Waals surface area contributed by atoms with Crippen LogP contribution in [0.25, 0.3) is 0 Å². The number of hydrogen-bond acceptors (Lipinski definition) is 2. The molecule has 0 radical (unpaired) electrons. The minimum Gasteiger partial charge on any atom is -0.352 e. The fraction of sp³-hybridized carbons (Fsp3) is 0.250. The molecule has 2 aromatic rings.